The van der Waals surface area contributed by atoms with E-state index >= 15 is 0 Å². The molecule has 0 radical (unpaired) electrons. The third kappa shape index (κ3) is 3.31. The number of likely N-dealkylation sites (tertiary alicyclic amines) is 1. The Balaban J connectivity index is 1.98. The van der Waals surface area contributed by atoms with Crippen LogP contribution < -0.4 is 5.32 Å². The predicted octanol–water partition coefficient (Wildman–Crippen LogP) is 0.952. The van der Waals surface area contributed by atoms with Crippen LogP contribution in [0.2, 0.25) is 0 Å². The maximum atomic E-state index is 12.1. The van der Waals surface area contributed by atoms with Crippen molar-refractivity contribution in [1.82, 2.24) is 4.90 Å². The van der Waals surface area contributed by atoms with Gasteiger partial charge in [0.25, 0.3) is 0 Å². The summed E-state index contributed by atoms with van der Waals surface area (Å²) in [5, 5.41) is 21.1. The molecule has 0 saturated carbocycles. The number of hydrogen-bond acceptors (Lipinski definition) is 4. The summed E-state index contributed by atoms with van der Waals surface area (Å²) in [4.78, 5) is 14.0. The molecule has 0 spiro atoms. The van der Waals surface area contributed by atoms with E-state index in [1.54, 1.807) is 24.3 Å². The second kappa shape index (κ2) is 5.83. The van der Waals surface area contributed by atoms with Crippen molar-refractivity contribution < 1.29 is 9.90 Å². The van der Waals surface area contributed by atoms with Gasteiger partial charge in [-0.3, -0.25) is 9.69 Å². The Labute approximate surface area is 112 Å². The van der Waals surface area contributed by atoms with Crippen molar-refractivity contribution in [2.45, 2.75) is 25.5 Å². The van der Waals surface area contributed by atoms with E-state index in [0.29, 0.717) is 24.2 Å². The van der Waals surface area contributed by atoms with E-state index in [1.165, 1.54) is 0 Å². The van der Waals surface area contributed by atoms with Gasteiger partial charge >= 0.3 is 0 Å². The van der Waals surface area contributed by atoms with Crippen molar-refractivity contribution in [2.75, 3.05) is 18.4 Å². The molecule has 1 aliphatic heterocycles. The monoisotopic (exact) mass is 259 g/mol. The molecule has 100 valence electrons. The van der Waals surface area contributed by atoms with E-state index in [-0.39, 0.29) is 18.1 Å². The lowest BCUT2D eigenvalue weighted by Crippen LogP contribution is -2.41. The molecule has 5 nitrogen and oxygen atoms in total. The third-order valence-electron chi connectivity index (χ3n) is 3.38. The lowest BCUT2D eigenvalue weighted by molar-refractivity contribution is -0.120. The van der Waals surface area contributed by atoms with Gasteiger partial charge in [0.15, 0.2) is 0 Å². The molecule has 1 heterocycles. The number of amides is 1. The average Bonchev–Trinajstić information content (AvgIpc) is 2.84. The number of nitrogens with zero attached hydrogens (tertiary/aromatic N) is 2. The van der Waals surface area contributed by atoms with Gasteiger partial charge in [-0.15, -0.1) is 0 Å². The van der Waals surface area contributed by atoms with E-state index in [0.717, 1.165) is 6.54 Å². The minimum atomic E-state index is -0.336. The molecule has 2 rings (SSSR count). The van der Waals surface area contributed by atoms with Gasteiger partial charge in [-0.25, -0.2) is 0 Å². The highest BCUT2D eigenvalue weighted by Crippen LogP contribution is 2.15. The van der Waals surface area contributed by atoms with Gasteiger partial charge in [0, 0.05) is 18.8 Å². The summed E-state index contributed by atoms with van der Waals surface area (Å²) in [7, 11) is 0. The molecule has 1 fully saturated rings. The lowest BCUT2D eigenvalue weighted by Gasteiger charge is -2.22. The Kier molecular flexibility index (Phi) is 4.15. The number of anilines is 1. The van der Waals surface area contributed by atoms with Crippen LogP contribution in [0.15, 0.2) is 24.3 Å². The SMILES string of the molecule is CC(C(=O)Nc1cccc(C#N)c1)N1CCC(O)C1. The summed E-state index contributed by atoms with van der Waals surface area (Å²) in [5.41, 5.74) is 1.14. The fourth-order valence-corrected chi connectivity index (χ4v) is 2.20. The molecule has 5 heteroatoms. The number of benzene rings is 1. The van der Waals surface area contributed by atoms with Crippen molar-refractivity contribution in [1.29, 1.82) is 5.26 Å². The molecule has 1 aliphatic rings. The van der Waals surface area contributed by atoms with Crippen LogP contribution >= 0.6 is 0 Å². The minimum absolute atomic E-state index is 0.121. The minimum Gasteiger partial charge on any atom is -0.392 e. The van der Waals surface area contributed by atoms with Crippen LogP contribution in [0.4, 0.5) is 5.69 Å². The van der Waals surface area contributed by atoms with Crippen molar-refractivity contribution >= 4 is 11.6 Å². The third-order valence-corrected chi connectivity index (χ3v) is 3.38. The topological polar surface area (TPSA) is 76.4 Å². The summed E-state index contributed by atoms with van der Waals surface area (Å²) in [5.74, 6) is -0.121. The summed E-state index contributed by atoms with van der Waals surface area (Å²) in [6.07, 6.45) is 0.374. The van der Waals surface area contributed by atoms with Crippen LogP contribution in [-0.2, 0) is 4.79 Å². The highest BCUT2D eigenvalue weighted by molar-refractivity contribution is 5.94. The first-order chi connectivity index (χ1) is 9.10. The number of aliphatic hydroxyl groups is 1. The zero-order chi connectivity index (χ0) is 13.8. The van der Waals surface area contributed by atoms with Gasteiger partial charge in [0.1, 0.15) is 0 Å². The molecular formula is C14H17N3O2. The highest BCUT2D eigenvalue weighted by Gasteiger charge is 2.28. The van der Waals surface area contributed by atoms with E-state index in [9.17, 15) is 9.90 Å². The van der Waals surface area contributed by atoms with Gasteiger partial charge in [0.05, 0.1) is 23.8 Å². The molecular weight excluding hydrogens is 242 g/mol. The van der Waals surface area contributed by atoms with E-state index in [1.807, 2.05) is 17.9 Å². The standard InChI is InChI=1S/C14H17N3O2/c1-10(17-6-5-13(18)9-17)14(19)16-12-4-2-3-11(7-12)8-15/h2-4,7,10,13,18H,5-6,9H2,1H3,(H,16,19). The smallest absolute Gasteiger partial charge is 0.241 e. The van der Waals surface area contributed by atoms with Gasteiger partial charge in [-0.2, -0.15) is 5.26 Å². The number of aliphatic hydroxyl groups excluding tert-OH is 1. The molecule has 1 amide bonds. The average molecular weight is 259 g/mol. The molecule has 2 atom stereocenters. The van der Waals surface area contributed by atoms with E-state index < -0.39 is 0 Å². The Hall–Kier alpha value is -1.90. The first-order valence-corrected chi connectivity index (χ1v) is 6.33. The molecule has 2 unspecified atom stereocenters. The van der Waals surface area contributed by atoms with E-state index in [4.69, 9.17) is 5.26 Å². The zero-order valence-electron chi connectivity index (χ0n) is 10.8. The van der Waals surface area contributed by atoms with Gasteiger partial charge in [-0.05, 0) is 31.5 Å². The van der Waals surface area contributed by atoms with Crippen LogP contribution in [-0.4, -0.2) is 41.1 Å². The molecule has 1 aromatic carbocycles. The van der Waals surface area contributed by atoms with Gasteiger partial charge in [-0.1, -0.05) is 6.07 Å². The number of rotatable bonds is 3. The Morgan fingerprint density at radius 2 is 2.42 bits per heavy atom. The number of β-amino-alcohol motifs (C(OH)–C–C–N with tert-alkyl or cyclic N) is 1. The van der Waals surface area contributed by atoms with Gasteiger partial charge in [0.2, 0.25) is 5.91 Å². The largest absolute Gasteiger partial charge is 0.392 e. The molecule has 0 bridgehead atoms. The first-order valence-electron chi connectivity index (χ1n) is 6.33. The van der Waals surface area contributed by atoms with Crippen LogP contribution in [0.1, 0.15) is 18.9 Å². The molecule has 0 aromatic heterocycles. The fraction of sp³-hybridized carbons (Fsp3) is 0.429. The van der Waals surface area contributed by atoms with Crippen LogP contribution in [0.25, 0.3) is 0 Å². The lowest BCUT2D eigenvalue weighted by atomic mass is 10.2. The number of hydrogen-bond donors (Lipinski definition) is 2. The fourth-order valence-electron chi connectivity index (χ4n) is 2.20. The van der Waals surface area contributed by atoms with Crippen LogP contribution in [0.5, 0.6) is 0 Å². The molecule has 1 saturated heterocycles. The Morgan fingerprint density at radius 3 is 3.05 bits per heavy atom. The number of carbonyl (C=O) groups is 1. The maximum Gasteiger partial charge on any atom is 0.241 e. The van der Waals surface area contributed by atoms with Crippen LogP contribution in [0, 0.1) is 11.3 Å². The van der Waals surface area contributed by atoms with Gasteiger partial charge < -0.3 is 10.4 Å². The Morgan fingerprint density at radius 1 is 1.63 bits per heavy atom. The second-order valence-electron chi connectivity index (χ2n) is 4.80. The maximum absolute atomic E-state index is 12.1. The van der Waals surface area contributed by atoms with Crippen LogP contribution in [0.3, 0.4) is 0 Å². The first kappa shape index (κ1) is 13.5. The Bertz CT molecular complexity index is 510. The zero-order valence-corrected chi connectivity index (χ0v) is 10.8. The normalized spacial score (nSPS) is 20.8. The molecule has 0 aliphatic carbocycles. The summed E-state index contributed by atoms with van der Waals surface area (Å²) >= 11 is 0. The van der Waals surface area contributed by atoms with E-state index in [2.05, 4.69) is 5.32 Å². The molecule has 19 heavy (non-hydrogen) atoms. The molecule has 2 N–H and O–H groups in total. The van der Waals surface area contributed by atoms with Crippen molar-refractivity contribution in [3.05, 3.63) is 29.8 Å². The predicted molar refractivity (Wildman–Crippen MR) is 71.4 cm³/mol. The van der Waals surface area contributed by atoms with Crippen molar-refractivity contribution in [2.24, 2.45) is 0 Å². The number of nitriles is 1. The quantitative estimate of drug-likeness (QED) is 0.847. The summed E-state index contributed by atoms with van der Waals surface area (Å²) in [6.45, 7) is 3.09. The highest BCUT2D eigenvalue weighted by atomic mass is 16.3. The number of nitrogens with one attached hydrogen (secondary N) is 1. The summed E-state index contributed by atoms with van der Waals surface area (Å²) in [6, 6.07) is 8.57. The summed E-state index contributed by atoms with van der Waals surface area (Å²) < 4.78 is 0. The van der Waals surface area contributed by atoms with Crippen molar-refractivity contribution in [3.63, 3.8) is 0 Å². The van der Waals surface area contributed by atoms with Crippen molar-refractivity contribution in [3.8, 4) is 6.07 Å². The number of carbonyl (C=O) groups excluding carboxylic acids is 1. The molecule has 1 aromatic rings. The second-order valence-corrected chi connectivity index (χ2v) is 4.80.